The second kappa shape index (κ2) is 5.79. The van der Waals surface area contributed by atoms with E-state index in [1.165, 1.54) is 10.4 Å². The average molecular weight is 344 g/mol. The number of phenols is 1. The molecule has 1 unspecified atom stereocenters. The van der Waals surface area contributed by atoms with Crippen molar-refractivity contribution in [2.75, 3.05) is 11.9 Å². The number of carbonyl (C=O) groups excluding carboxylic acids is 1. The number of rotatable bonds is 2. The molecule has 6 heteroatoms. The molecule has 3 heterocycles. The zero-order chi connectivity index (χ0) is 16.8. The van der Waals surface area contributed by atoms with Crippen molar-refractivity contribution in [2.45, 2.75) is 39.0 Å². The molecule has 4 rings (SSSR count). The third kappa shape index (κ3) is 2.46. The first kappa shape index (κ1) is 15.5. The van der Waals surface area contributed by atoms with Gasteiger partial charge in [-0.25, -0.2) is 0 Å². The zero-order valence-corrected chi connectivity index (χ0v) is 14.7. The molecule has 1 aromatic carbocycles. The summed E-state index contributed by atoms with van der Waals surface area (Å²) in [5.41, 5.74) is 2.71. The van der Waals surface area contributed by atoms with Crippen LogP contribution in [0.25, 0.3) is 0 Å². The van der Waals surface area contributed by atoms with Gasteiger partial charge in [0, 0.05) is 12.0 Å². The molecule has 4 N–H and O–H groups in total. The van der Waals surface area contributed by atoms with Gasteiger partial charge in [0.05, 0.1) is 23.0 Å². The van der Waals surface area contributed by atoms with Gasteiger partial charge in [-0.1, -0.05) is 18.2 Å². The number of phenolic OH excluding ortho intramolecular Hbond substituents is 1. The number of anilines is 1. The number of quaternary nitrogens is 1. The summed E-state index contributed by atoms with van der Waals surface area (Å²) in [4.78, 5) is 15.6. The van der Waals surface area contributed by atoms with Gasteiger partial charge in [-0.15, -0.1) is 11.3 Å². The Morgan fingerprint density at radius 3 is 2.83 bits per heavy atom. The molecule has 1 amide bonds. The molecule has 24 heavy (non-hydrogen) atoms. The number of hydrogen-bond donors (Lipinski definition) is 4. The number of carbonyl (C=O) groups is 1. The standard InChI is InChI=1S/C18H21N3O2S/c1-10(2)21-8-7-12-14(9-21)24-18-15(12)17(23)19-16(20-18)11-5-3-4-6-13(11)22/h3-6,10,16,20,22H,7-9H2,1-2H3,(H,19,23)/p+1/t16-/m1/s1. The lowest BCUT2D eigenvalue weighted by Crippen LogP contribution is -3.14. The van der Waals surface area contributed by atoms with E-state index in [-0.39, 0.29) is 17.8 Å². The number of nitrogens with one attached hydrogen (secondary N) is 3. The molecular weight excluding hydrogens is 322 g/mol. The maximum absolute atomic E-state index is 12.7. The third-order valence-electron chi connectivity index (χ3n) is 5.02. The minimum absolute atomic E-state index is 0.0394. The minimum Gasteiger partial charge on any atom is -0.508 e. The lowest BCUT2D eigenvalue weighted by atomic mass is 9.99. The van der Waals surface area contributed by atoms with Crippen LogP contribution in [-0.2, 0) is 13.0 Å². The summed E-state index contributed by atoms with van der Waals surface area (Å²) in [5, 5.41) is 17.4. The fraction of sp³-hybridized carbons (Fsp3) is 0.389. The van der Waals surface area contributed by atoms with E-state index in [1.54, 1.807) is 28.4 Å². The predicted octanol–water partition coefficient (Wildman–Crippen LogP) is 1.66. The highest BCUT2D eigenvalue weighted by atomic mass is 32.1. The second-order valence-corrected chi connectivity index (χ2v) is 7.91. The van der Waals surface area contributed by atoms with Crippen molar-refractivity contribution < 1.29 is 14.8 Å². The fourth-order valence-electron chi connectivity index (χ4n) is 3.59. The fourth-order valence-corrected chi connectivity index (χ4v) is 4.92. The highest BCUT2D eigenvalue weighted by Crippen LogP contribution is 2.40. The maximum atomic E-state index is 12.7. The molecule has 0 saturated carbocycles. The Kier molecular flexibility index (Phi) is 3.73. The van der Waals surface area contributed by atoms with Gasteiger partial charge >= 0.3 is 0 Å². The summed E-state index contributed by atoms with van der Waals surface area (Å²) in [7, 11) is 0. The molecule has 126 valence electrons. The van der Waals surface area contributed by atoms with Crippen molar-refractivity contribution in [3.8, 4) is 5.75 Å². The van der Waals surface area contributed by atoms with Crippen LogP contribution in [-0.4, -0.2) is 23.6 Å². The van der Waals surface area contributed by atoms with Gasteiger partial charge in [-0.05, 0) is 25.5 Å². The minimum atomic E-state index is -0.389. The van der Waals surface area contributed by atoms with Gasteiger partial charge in [-0.3, -0.25) is 4.79 Å². The van der Waals surface area contributed by atoms with Gasteiger partial charge in [0.1, 0.15) is 23.5 Å². The number of thiophene rings is 1. The number of para-hydroxylation sites is 1. The van der Waals surface area contributed by atoms with Crippen molar-refractivity contribution in [3.05, 3.63) is 45.8 Å². The molecule has 0 spiro atoms. The number of amides is 1. The van der Waals surface area contributed by atoms with E-state index in [4.69, 9.17) is 0 Å². The smallest absolute Gasteiger partial charge is 0.256 e. The molecule has 5 nitrogen and oxygen atoms in total. The number of fused-ring (bicyclic) bond motifs is 3. The second-order valence-electron chi connectivity index (χ2n) is 6.81. The van der Waals surface area contributed by atoms with E-state index < -0.39 is 0 Å². The Bertz CT molecular complexity index is 800. The van der Waals surface area contributed by atoms with Crippen LogP contribution in [0.3, 0.4) is 0 Å². The quantitative estimate of drug-likeness (QED) is 0.670. The first-order valence-electron chi connectivity index (χ1n) is 8.39. The summed E-state index contributed by atoms with van der Waals surface area (Å²) in [6, 6.07) is 7.70. The molecule has 2 aliphatic heterocycles. The van der Waals surface area contributed by atoms with E-state index >= 15 is 0 Å². The summed E-state index contributed by atoms with van der Waals surface area (Å²) in [6.07, 6.45) is 0.560. The van der Waals surface area contributed by atoms with Crippen molar-refractivity contribution in [2.24, 2.45) is 0 Å². The molecular formula is C18H22N3O2S+. The summed E-state index contributed by atoms with van der Waals surface area (Å²) >= 11 is 1.69. The Balaban J connectivity index is 1.68. The van der Waals surface area contributed by atoms with E-state index in [9.17, 15) is 9.90 Å². The normalized spacial score (nSPS) is 22.5. The first-order chi connectivity index (χ1) is 11.5. The number of benzene rings is 1. The summed E-state index contributed by atoms with van der Waals surface area (Å²) in [6.45, 7) is 6.55. The van der Waals surface area contributed by atoms with Crippen molar-refractivity contribution in [3.63, 3.8) is 0 Å². The highest BCUT2D eigenvalue weighted by Gasteiger charge is 2.35. The van der Waals surface area contributed by atoms with Crippen molar-refractivity contribution >= 4 is 22.2 Å². The Labute approximate surface area is 145 Å². The van der Waals surface area contributed by atoms with Gasteiger partial charge in [0.2, 0.25) is 0 Å². The van der Waals surface area contributed by atoms with Crippen molar-refractivity contribution in [1.29, 1.82) is 0 Å². The third-order valence-corrected chi connectivity index (χ3v) is 6.18. The van der Waals surface area contributed by atoms with E-state index in [0.29, 0.717) is 11.6 Å². The van der Waals surface area contributed by atoms with Crippen LogP contribution < -0.4 is 15.5 Å². The molecule has 0 aliphatic carbocycles. The van der Waals surface area contributed by atoms with E-state index in [0.717, 1.165) is 30.1 Å². The van der Waals surface area contributed by atoms with Gasteiger partial charge in [0.15, 0.2) is 0 Å². The average Bonchev–Trinajstić information content (AvgIpc) is 2.92. The van der Waals surface area contributed by atoms with Gasteiger partial charge in [-0.2, -0.15) is 0 Å². The number of aromatic hydroxyl groups is 1. The zero-order valence-electron chi connectivity index (χ0n) is 13.8. The maximum Gasteiger partial charge on any atom is 0.256 e. The van der Waals surface area contributed by atoms with Crippen molar-refractivity contribution in [1.82, 2.24) is 5.32 Å². The van der Waals surface area contributed by atoms with Gasteiger partial charge in [0.25, 0.3) is 5.91 Å². The molecule has 1 aromatic heterocycles. The molecule has 0 saturated heterocycles. The monoisotopic (exact) mass is 344 g/mol. The van der Waals surface area contributed by atoms with Gasteiger partial charge < -0.3 is 20.6 Å². The molecule has 0 bridgehead atoms. The Morgan fingerprint density at radius 2 is 2.08 bits per heavy atom. The van der Waals surface area contributed by atoms with Crippen LogP contribution >= 0.6 is 11.3 Å². The SMILES string of the molecule is CC(C)[NH+]1CCc2c(sc3c2C(=O)N[C@@H](c2ccccc2O)N3)C1. The molecule has 2 atom stereocenters. The lowest BCUT2D eigenvalue weighted by molar-refractivity contribution is -0.936. The predicted molar refractivity (Wildman–Crippen MR) is 94.6 cm³/mol. The van der Waals surface area contributed by atoms with Crippen LogP contribution in [0, 0.1) is 0 Å². The van der Waals surface area contributed by atoms with Crippen LogP contribution in [0.15, 0.2) is 24.3 Å². The van der Waals surface area contributed by atoms with E-state index in [1.807, 2.05) is 12.1 Å². The van der Waals surface area contributed by atoms with Crippen LogP contribution in [0.1, 0.15) is 46.4 Å². The summed E-state index contributed by atoms with van der Waals surface area (Å²) in [5.74, 6) is 0.151. The summed E-state index contributed by atoms with van der Waals surface area (Å²) < 4.78 is 0. The van der Waals surface area contributed by atoms with Crippen LogP contribution in [0.4, 0.5) is 5.00 Å². The molecule has 0 fully saturated rings. The Morgan fingerprint density at radius 1 is 1.29 bits per heavy atom. The highest BCUT2D eigenvalue weighted by molar-refractivity contribution is 7.16. The topological polar surface area (TPSA) is 65.8 Å². The molecule has 2 aromatic rings. The largest absolute Gasteiger partial charge is 0.508 e. The first-order valence-corrected chi connectivity index (χ1v) is 9.20. The number of hydrogen-bond acceptors (Lipinski definition) is 4. The lowest BCUT2D eigenvalue weighted by Gasteiger charge is -2.28. The van der Waals surface area contributed by atoms with Crippen LogP contribution in [0.5, 0.6) is 5.75 Å². The van der Waals surface area contributed by atoms with Crippen LogP contribution in [0.2, 0.25) is 0 Å². The Hall–Kier alpha value is -2.05. The van der Waals surface area contributed by atoms with E-state index in [2.05, 4.69) is 24.5 Å². The molecule has 0 radical (unpaired) electrons. The molecule has 2 aliphatic rings.